The highest BCUT2D eigenvalue weighted by Gasteiger charge is 2.16. The van der Waals surface area contributed by atoms with E-state index in [0.717, 1.165) is 5.39 Å². The number of aromatic hydroxyl groups is 2. The Labute approximate surface area is 126 Å². The van der Waals surface area contributed by atoms with Crippen molar-refractivity contribution >= 4 is 28.1 Å². The Morgan fingerprint density at radius 2 is 1.68 bits per heavy atom. The van der Waals surface area contributed by atoms with Crippen LogP contribution < -0.4 is 11.1 Å². The van der Waals surface area contributed by atoms with Gasteiger partial charge in [-0.2, -0.15) is 0 Å². The zero-order valence-corrected chi connectivity index (χ0v) is 11.6. The topological polar surface area (TPSA) is 95.6 Å². The average molecular weight is 294 g/mol. The number of carbonyl (C=O) groups excluding carboxylic acids is 1. The number of phenolic OH excluding ortho intramolecular Hbond substituents is 2. The number of carbonyl (C=O) groups is 1. The van der Waals surface area contributed by atoms with Crippen LogP contribution in [-0.4, -0.2) is 16.1 Å². The van der Waals surface area contributed by atoms with Crippen LogP contribution in [-0.2, 0) is 0 Å². The number of hydrogen-bond acceptors (Lipinski definition) is 4. The van der Waals surface area contributed by atoms with Crippen LogP contribution in [0.1, 0.15) is 10.4 Å². The molecule has 0 saturated heterocycles. The minimum absolute atomic E-state index is 0.101. The Hall–Kier alpha value is -3.21. The first-order valence-electron chi connectivity index (χ1n) is 6.67. The summed E-state index contributed by atoms with van der Waals surface area (Å²) in [7, 11) is 0. The Balaban J connectivity index is 2.00. The summed E-state index contributed by atoms with van der Waals surface area (Å²) in [4.78, 5) is 12.3. The first kappa shape index (κ1) is 13.8. The molecule has 0 unspecified atom stereocenters. The molecule has 0 aliphatic heterocycles. The molecule has 110 valence electrons. The lowest BCUT2D eigenvalue weighted by atomic mass is 10.0. The summed E-state index contributed by atoms with van der Waals surface area (Å²) < 4.78 is 0. The van der Waals surface area contributed by atoms with Gasteiger partial charge in [-0.1, -0.05) is 24.3 Å². The molecule has 0 saturated carbocycles. The van der Waals surface area contributed by atoms with Gasteiger partial charge in [0.15, 0.2) is 5.75 Å². The van der Waals surface area contributed by atoms with Gasteiger partial charge >= 0.3 is 0 Å². The third kappa shape index (κ3) is 2.40. The van der Waals surface area contributed by atoms with Crippen LogP contribution >= 0.6 is 0 Å². The number of rotatable bonds is 2. The lowest BCUT2D eigenvalue weighted by molar-refractivity contribution is 0.102. The van der Waals surface area contributed by atoms with E-state index < -0.39 is 5.91 Å². The van der Waals surface area contributed by atoms with Crippen molar-refractivity contribution in [2.45, 2.75) is 0 Å². The van der Waals surface area contributed by atoms with E-state index in [1.807, 2.05) is 18.2 Å². The van der Waals surface area contributed by atoms with Crippen LogP contribution in [0.5, 0.6) is 11.5 Å². The number of hydrogen-bond donors (Lipinski definition) is 4. The number of anilines is 2. The molecule has 5 N–H and O–H groups in total. The average Bonchev–Trinajstić information content (AvgIpc) is 2.53. The van der Waals surface area contributed by atoms with Crippen LogP contribution in [0, 0.1) is 0 Å². The second kappa shape index (κ2) is 5.29. The summed E-state index contributed by atoms with van der Waals surface area (Å²) in [5.74, 6) is -0.605. The summed E-state index contributed by atoms with van der Waals surface area (Å²) in [6.45, 7) is 0. The Morgan fingerprint density at radius 3 is 2.41 bits per heavy atom. The minimum atomic E-state index is -0.472. The smallest absolute Gasteiger partial charge is 0.259 e. The van der Waals surface area contributed by atoms with E-state index >= 15 is 0 Å². The molecule has 1 amide bonds. The van der Waals surface area contributed by atoms with Crippen LogP contribution in [0.25, 0.3) is 10.8 Å². The largest absolute Gasteiger partial charge is 0.508 e. The van der Waals surface area contributed by atoms with Gasteiger partial charge in [0.2, 0.25) is 0 Å². The molecule has 0 aliphatic carbocycles. The van der Waals surface area contributed by atoms with Gasteiger partial charge in [0.05, 0.1) is 11.3 Å². The molecule has 0 heterocycles. The number of nitrogens with two attached hydrogens (primary N) is 1. The molecule has 0 aromatic heterocycles. The van der Waals surface area contributed by atoms with Gasteiger partial charge in [0.1, 0.15) is 5.75 Å². The lowest BCUT2D eigenvalue weighted by Crippen LogP contribution is -2.12. The highest BCUT2D eigenvalue weighted by Crippen LogP contribution is 2.34. The molecule has 3 aromatic rings. The molecule has 0 radical (unpaired) electrons. The monoisotopic (exact) mass is 294 g/mol. The zero-order valence-electron chi connectivity index (χ0n) is 11.6. The second-order valence-electron chi connectivity index (χ2n) is 4.91. The summed E-state index contributed by atoms with van der Waals surface area (Å²) >= 11 is 0. The molecule has 5 heteroatoms. The molecule has 0 fully saturated rings. The third-order valence-corrected chi connectivity index (χ3v) is 3.43. The SMILES string of the molecule is Nc1c(O)c(C(=O)Nc2ccc(O)cc2)cc2ccccc12. The predicted molar refractivity (Wildman–Crippen MR) is 86.1 cm³/mol. The van der Waals surface area contributed by atoms with E-state index in [2.05, 4.69) is 5.32 Å². The maximum absolute atomic E-state index is 12.3. The van der Waals surface area contributed by atoms with Crippen molar-refractivity contribution < 1.29 is 15.0 Å². The summed E-state index contributed by atoms with van der Waals surface area (Å²) in [5.41, 5.74) is 6.69. The maximum Gasteiger partial charge on any atom is 0.259 e. The fraction of sp³-hybridized carbons (Fsp3) is 0. The molecule has 0 spiro atoms. The molecule has 3 aromatic carbocycles. The quantitative estimate of drug-likeness (QED) is 0.332. The van der Waals surface area contributed by atoms with E-state index in [9.17, 15) is 15.0 Å². The molecule has 0 atom stereocenters. The molecule has 0 aliphatic rings. The summed E-state index contributed by atoms with van der Waals surface area (Å²) in [6.07, 6.45) is 0. The maximum atomic E-state index is 12.3. The van der Waals surface area contributed by atoms with Crippen LogP contribution in [0.4, 0.5) is 11.4 Å². The van der Waals surface area contributed by atoms with Crippen LogP contribution in [0.3, 0.4) is 0 Å². The van der Waals surface area contributed by atoms with Crippen molar-refractivity contribution in [1.29, 1.82) is 0 Å². The van der Waals surface area contributed by atoms with Crippen molar-refractivity contribution in [2.24, 2.45) is 0 Å². The molecule has 0 bridgehead atoms. The van der Waals surface area contributed by atoms with Gasteiger partial charge < -0.3 is 21.3 Å². The first-order chi connectivity index (χ1) is 10.6. The fourth-order valence-corrected chi connectivity index (χ4v) is 2.28. The third-order valence-electron chi connectivity index (χ3n) is 3.43. The predicted octanol–water partition coefficient (Wildman–Crippen LogP) is 3.09. The first-order valence-corrected chi connectivity index (χ1v) is 6.67. The van der Waals surface area contributed by atoms with Crippen molar-refractivity contribution in [2.75, 3.05) is 11.1 Å². The van der Waals surface area contributed by atoms with Gasteiger partial charge in [-0.15, -0.1) is 0 Å². The van der Waals surface area contributed by atoms with E-state index in [-0.39, 0.29) is 22.7 Å². The fourth-order valence-electron chi connectivity index (χ4n) is 2.28. The van der Waals surface area contributed by atoms with Crippen molar-refractivity contribution in [1.82, 2.24) is 0 Å². The summed E-state index contributed by atoms with van der Waals surface area (Å²) in [5, 5.41) is 23.5. The number of nitrogens with one attached hydrogen (secondary N) is 1. The molecular formula is C17H14N2O3. The Kier molecular flexibility index (Phi) is 3.31. The highest BCUT2D eigenvalue weighted by atomic mass is 16.3. The lowest BCUT2D eigenvalue weighted by Gasteiger charge is -2.11. The molecule has 3 rings (SSSR count). The Bertz CT molecular complexity index is 858. The van der Waals surface area contributed by atoms with E-state index in [1.54, 1.807) is 24.3 Å². The van der Waals surface area contributed by atoms with Gasteiger partial charge in [0.25, 0.3) is 5.91 Å². The normalized spacial score (nSPS) is 10.5. The number of fused-ring (bicyclic) bond motifs is 1. The number of benzene rings is 3. The highest BCUT2D eigenvalue weighted by molar-refractivity contribution is 6.11. The minimum Gasteiger partial charge on any atom is -0.508 e. The van der Waals surface area contributed by atoms with Crippen molar-refractivity contribution in [3.05, 3.63) is 60.2 Å². The number of phenols is 2. The summed E-state index contributed by atoms with van der Waals surface area (Å²) in [6, 6.07) is 14.9. The number of nitrogen functional groups attached to an aromatic ring is 1. The van der Waals surface area contributed by atoms with Crippen molar-refractivity contribution in [3.8, 4) is 11.5 Å². The molecule has 22 heavy (non-hydrogen) atoms. The van der Waals surface area contributed by atoms with E-state index in [4.69, 9.17) is 5.73 Å². The van der Waals surface area contributed by atoms with Crippen molar-refractivity contribution in [3.63, 3.8) is 0 Å². The zero-order chi connectivity index (χ0) is 15.7. The molecule has 5 nitrogen and oxygen atoms in total. The second-order valence-corrected chi connectivity index (χ2v) is 4.91. The van der Waals surface area contributed by atoms with E-state index in [1.165, 1.54) is 12.1 Å². The number of amides is 1. The van der Waals surface area contributed by atoms with E-state index in [0.29, 0.717) is 11.1 Å². The van der Waals surface area contributed by atoms with Crippen LogP contribution in [0.15, 0.2) is 54.6 Å². The molecular weight excluding hydrogens is 280 g/mol. The van der Waals surface area contributed by atoms with Gasteiger partial charge in [0, 0.05) is 11.1 Å². The van der Waals surface area contributed by atoms with Crippen LogP contribution in [0.2, 0.25) is 0 Å². The van der Waals surface area contributed by atoms with Gasteiger partial charge in [-0.05, 0) is 35.7 Å². The van der Waals surface area contributed by atoms with Gasteiger partial charge in [-0.25, -0.2) is 0 Å². The Morgan fingerprint density at radius 1 is 1.00 bits per heavy atom. The standard InChI is InChI=1S/C17H14N2O3/c18-15-13-4-2-1-3-10(13)9-14(16(15)21)17(22)19-11-5-7-12(20)8-6-11/h1-9,20-21H,18H2,(H,19,22). The van der Waals surface area contributed by atoms with Gasteiger partial charge in [-0.3, -0.25) is 4.79 Å².